The Balaban J connectivity index is 1.84. The van der Waals surface area contributed by atoms with Crippen molar-refractivity contribution in [3.63, 3.8) is 0 Å². The van der Waals surface area contributed by atoms with E-state index in [0.717, 1.165) is 31.5 Å². The molecule has 0 aliphatic heterocycles. The molecule has 0 radical (unpaired) electrons. The van der Waals surface area contributed by atoms with Crippen LogP contribution in [0, 0.1) is 0 Å². The topological polar surface area (TPSA) is 72.7 Å². The van der Waals surface area contributed by atoms with Gasteiger partial charge in [0.2, 0.25) is 11.1 Å². The van der Waals surface area contributed by atoms with Crippen LogP contribution in [0.3, 0.4) is 0 Å². The van der Waals surface area contributed by atoms with Gasteiger partial charge >= 0.3 is 0 Å². The number of amides is 1. The van der Waals surface area contributed by atoms with Gasteiger partial charge in [-0.3, -0.25) is 4.79 Å². The molecule has 0 unspecified atom stereocenters. The molecule has 0 aliphatic carbocycles. The minimum absolute atomic E-state index is 0.0127. The van der Waals surface area contributed by atoms with Crippen LogP contribution in [0.4, 0.5) is 0 Å². The maximum Gasteiger partial charge on any atom is 0.230 e. The summed E-state index contributed by atoms with van der Waals surface area (Å²) in [5.41, 5.74) is 0.883. The van der Waals surface area contributed by atoms with Gasteiger partial charge < -0.3 is 5.32 Å². The van der Waals surface area contributed by atoms with Crippen molar-refractivity contribution in [2.45, 2.75) is 31.3 Å². The number of unbranched alkanes of at least 4 members (excludes halogenated alkanes) is 2. The molecular weight excluding hydrogens is 286 g/mol. The SMILES string of the molecule is CCCCCNC(=O)CSc1nnnn1-c1ccccc1. The van der Waals surface area contributed by atoms with Crippen molar-refractivity contribution < 1.29 is 4.79 Å². The molecule has 0 aliphatic rings. The van der Waals surface area contributed by atoms with Gasteiger partial charge in [-0.1, -0.05) is 49.7 Å². The molecule has 0 fully saturated rings. The van der Waals surface area contributed by atoms with Crippen LogP contribution in [0.15, 0.2) is 35.5 Å². The van der Waals surface area contributed by atoms with E-state index in [1.807, 2.05) is 30.3 Å². The Bertz CT molecular complexity index is 558. The Hall–Kier alpha value is -1.89. The predicted molar refractivity (Wildman–Crippen MR) is 82.4 cm³/mol. The van der Waals surface area contributed by atoms with Crippen LogP contribution in [0.5, 0.6) is 0 Å². The number of para-hydroxylation sites is 1. The molecule has 2 rings (SSSR count). The number of carbonyl (C=O) groups is 1. The molecule has 0 bridgehead atoms. The van der Waals surface area contributed by atoms with E-state index in [2.05, 4.69) is 27.8 Å². The molecule has 6 nitrogen and oxygen atoms in total. The Morgan fingerprint density at radius 3 is 2.86 bits per heavy atom. The summed E-state index contributed by atoms with van der Waals surface area (Å²) in [4.78, 5) is 11.7. The van der Waals surface area contributed by atoms with E-state index >= 15 is 0 Å². The number of nitrogens with one attached hydrogen (secondary N) is 1. The maximum absolute atomic E-state index is 11.7. The van der Waals surface area contributed by atoms with E-state index in [-0.39, 0.29) is 5.91 Å². The molecule has 1 amide bonds. The average molecular weight is 305 g/mol. The van der Waals surface area contributed by atoms with Crippen molar-refractivity contribution >= 4 is 17.7 Å². The molecule has 1 N–H and O–H groups in total. The first-order valence-electron chi connectivity index (χ1n) is 7.04. The second-order valence-corrected chi connectivity index (χ2v) is 5.50. The van der Waals surface area contributed by atoms with Crippen LogP contribution in [-0.2, 0) is 4.79 Å². The van der Waals surface area contributed by atoms with Crippen LogP contribution in [0.2, 0.25) is 0 Å². The highest BCUT2D eigenvalue weighted by atomic mass is 32.2. The van der Waals surface area contributed by atoms with Gasteiger partial charge in [0.05, 0.1) is 11.4 Å². The summed E-state index contributed by atoms with van der Waals surface area (Å²) in [6.07, 6.45) is 3.31. The Kier molecular flexibility index (Phi) is 6.21. The van der Waals surface area contributed by atoms with Crippen LogP contribution in [0.1, 0.15) is 26.2 Å². The minimum Gasteiger partial charge on any atom is -0.355 e. The molecule has 0 atom stereocenters. The zero-order valence-electron chi connectivity index (χ0n) is 12.0. The third-order valence-corrected chi connectivity index (χ3v) is 3.80. The largest absolute Gasteiger partial charge is 0.355 e. The van der Waals surface area contributed by atoms with Crippen molar-refractivity contribution in [3.8, 4) is 5.69 Å². The van der Waals surface area contributed by atoms with Crippen LogP contribution in [0.25, 0.3) is 5.69 Å². The fourth-order valence-electron chi connectivity index (χ4n) is 1.78. The van der Waals surface area contributed by atoms with Crippen molar-refractivity contribution in [2.75, 3.05) is 12.3 Å². The molecule has 1 heterocycles. The predicted octanol–water partition coefficient (Wildman–Crippen LogP) is 2.06. The quantitative estimate of drug-likeness (QED) is 0.597. The van der Waals surface area contributed by atoms with E-state index in [1.54, 1.807) is 4.68 Å². The van der Waals surface area contributed by atoms with Crippen molar-refractivity contribution in [3.05, 3.63) is 30.3 Å². The summed E-state index contributed by atoms with van der Waals surface area (Å²) in [5, 5.41) is 15.1. The van der Waals surface area contributed by atoms with Crippen molar-refractivity contribution in [2.24, 2.45) is 0 Å². The smallest absolute Gasteiger partial charge is 0.230 e. The number of rotatable bonds is 8. The van der Waals surface area contributed by atoms with E-state index in [1.165, 1.54) is 11.8 Å². The van der Waals surface area contributed by atoms with Gasteiger partial charge in [0.1, 0.15) is 0 Å². The van der Waals surface area contributed by atoms with Gasteiger partial charge in [-0.05, 0) is 29.0 Å². The molecule has 0 saturated carbocycles. The monoisotopic (exact) mass is 305 g/mol. The van der Waals surface area contributed by atoms with E-state index < -0.39 is 0 Å². The lowest BCUT2D eigenvalue weighted by atomic mass is 10.2. The van der Waals surface area contributed by atoms with Gasteiger partial charge in [-0.2, -0.15) is 4.68 Å². The molecule has 1 aromatic heterocycles. The molecular formula is C14H19N5OS. The number of hydrogen-bond donors (Lipinski definition) is 1. The first kappa shape index (κ1) is 15.5. The second kappa shape index (κ2) is 8.41. The van der Waals surface area contributed by atoms with Gasteiger partial charge in [-0.25, -0.2) is 0 Å². The second-order valence-electron chi connectivity index (χ2n) is 4.55. The molecule has 2 aromatic rings. The summed E-state index contributed by atoms with van der Waals surface area (Å²) in [7, 11) is 0. The van der Waals surface area contributed by atoms with Crippen LogP contribution < -0.4 is 5.32 Å². The first-order chi connectivity index (χ1) is 10.3. The minimum atomic E-state index is 0.0127. The van der Waals surface area contributed by atoms with Crippen LogP contribution >= 0.6 is 11.8 Å². The number of benzene rings is 1. The molecule has 0 saturated heterocycles. The van der Waals surface area contributed by atoms with Gasteiger partial charge in [-0.15, -0.1) is 5.10 Å². The summed E-state index contributed by atoms with van der Waals surface area (Å²) in [6.45, 7) is 2.87. The molecule has 0 spiro atoms. The third kappa shape index (κ3) is 4.86. The lowest BCUT2D eigenvalue weighted by molar-refractivity contribution is -0.118. The molecule has 7 heteroatoms. The summed E-state index contributed by atoms with van der Waals surface area (Å²) in [6, 6.07) is 9.62. The summed E-state index contributed by atoms with van der Waals surface area (Å²) in [5.74, 6) is 0.331. The Morgan fingerprint density at radius 1 is 1.29 bits per heavy atom. The van der Waals surface area contributed by atoms with Crippen LogP contribution in [-0.4, -0.2) is 38.4 Å². The number of thioether (sulfide) groups is 1. The third-order valence-electron chi connectivity index (χ3n) is 2.88. The van der Waals surface area contributed by atoms with Gasteiger partial charge in [0.15, 0.2) is 0 Å². The van der Waals surface area contributed by atoms with Crippen molar-refractivity contribution in [1.82, 2.24) is 25.5 Å². The van der Waals surface area contributed by atoms with E-state index in [0.29, 0.717) is 10.9 Å². The lowest BCUT2D eigenvalue weighted by Gasteiger charge is -2.05. The molecule has 1 aromatic carbocycles. The van der Waals surface area contributed by atoms with E-state index in [4.69, 9.17) is 0 Å². The summed E-state index contributed by atoms with van der Waals surface area (Å²) < 4.78 is 1.63. The number of carbonyl (C=O) groups excluding carboxylic acids is 1. The number of nitrogens with zero attached hydrogens (tertiary/aromatic N) is 4. The highest BCUT2D eigenvalue weighted by Crippen LogP contribution is 2.17. The summed E-state index contributed by atoms with van der Waals surface area (Å²) >= 11 is 1.34. The van der Waals surface area contributed by atoms with Gasteiger partial charge in [0, 0.05) is 6.54 Å². The standard InChI is InChI=1S/C14H19N5OS/c1-2-3-7-10-15-13(20)11-21-14-16-17-18-19(14)12-8-5-4-6-9-12/h4-6,8-9H,2-3,7,10-11H2,1H3,(H,15,20). The molecule has 112 valence electrons. The normalized spacial score (nSPS) is 10.5. The molecule has 21 heavy (non-hydrogen) atoms. The van der Waals surface area contributed by atoms with Crippen molar-refractivity contribution in [1.29, 1.82) is 0 Å². The fourth-order valence-corrected chi connectivity index (χ4v) is 2.50. The highest BCUT2D eigenvalue weighted by Gasteiger charge is 2.10. The fraction of sp³-hybridized carbons (Fsp3) is 0.429. The zero-order valence-corrected chi connectivity index (χ0v) is 12.8. The average Bonchev–Trinajstić information content (AvgIpc) is 2.99. The first-order valence-corrected chi connectivity index (χ1v) is 8.03. The highest BCUT2D eigenvalue weighted by molar-refractivity contribution is 7.99. The number of hydrogen-bond acceptors (Lipinski definition) is 5. The maximum atomic E-state index is 11.7. The number of tetrazole rings is 1. The number of aromatic nitrogens is 4. The zero-order chi connectivity index (χ0) is 14.9. The van der Waals surface area contributed by atoms with E-state index in [9.17, 15) is 4.79 Å². The Labute approximate surface area is 128 Å². The lowest BCUT2D eigenvalue weighted by Crippen LogP contribution is -2.26. The Morgan fingerprint density at radius 2 is 2.10 bits per heavy atom. The van der Waals surface area contributed by atoms with Gasteiger partial charge in [0.25, 0.3) is 0 Å².